The molecule has 2 nitrogen and oxygen atoms in total. The molecule has 0 aliphatic heterocycles. The molecule has 0 bridgehead atoms. The van der Waals surface area contributed by atoms with Crippen LogP contribution < -0.4 is 11.5 Å². The van der Waals surface area contributed by atoms with Crippen LogP contribution in [0.4, 0.5) is 11.4 Å². The first kappa shape index (κ1) is 18.6. The molecule has 0 amide bonds. The molecular weight excluding hydrogens is 292 g/mol. The number of fused-ring (bicyclic) bond motifs is 1. The number of benzene rings is 2. The third-order valence-corrected chi connectivity index (χ3v) is 4.94. The Balaban J connectivity index is 1.68. The smallest absolute Gasteiger partial charge is 0.0397 e. The van der Waals surface area contributed by atoms with E-state index < -0.39 is 0 Å². The number of anilines is 2. The van der Waals surface area contributed by atoms with Crippen LogP contribution in [0.3, 0.4) is 0 Å². The summed E-state index contributed by atoms with van der Waals surface area (Å²) in [5.41, 5.74) is 15.3. The molecule has 2 heteroatoms. The van der Waals surface area contributed by atoms with Crippen LogP contribution in [0.2, 0.25) is 0 Å². The Morgan fingerprint density at radius 3 is 1.96 bits per heavy atom. The maximum atomic E-state index is 6.19. The lowest BCUT2D eigenvalue weighted by atomic mass is 9.99. The van der Waals surface area contributed by atoms with E-state index in [9.17, 15) is 0 Å². The molecular formula is C22H34N2. The third kappa shape index (κ3) is 5.74. The van der Waals surface area contributed by atoms with Crippen molar-refractivity contribution < 1.29 is 0 Å². The van der Waals surface area contributed by atoms with Crippen LogP contribution in [0.5, 0.6) is 0 Å². The van der Waals surface area contributed by atoms with E-state index in [1.807, 2.05) is 18.2 Å². The highest BCUT2D eigenvalue weighted by Gasteiger charge is 2.04. The molecule has 0 aromatic heterocycles. The van der Waals surface area contributed by atoms with Crippen LogP contribution >= 0.6 is 0 Å². The molecule has 2 aromatic carbocycles. The van der Waals surface area contributed by atoms with Gasteiger partial charge in [0.25, 0.3) is 0 Å². The second kappa shape index (κ2) is 10.2. The van der Waals surface area contributed by atoms with Gasteiger partial charge in [0.15, 0.2) is 0 Å². The fraction of sp³-hybridized carbons (Fsp3) is 0.545. The standard InChI is InChI=1S/C22H34N2/c1-2-3-4-5-6-7-8-9-10-11-13-18-16-20-19(22(24)17-18)14-12-15-21(20)23/h12,14-17H,2-11,13,23-24H2,1H3. The van der Waals surface area contributed by atoms with Crippen LogP contribution in [0.25, 0.3) is 10.8 Å². The van der Waals surface area contributed by atoms with Gasteiger partial charge in [-0.25, -0.2) is 0 Å². The monoisotopic (exact) mass is 326 g/mol. The van der Waals surface area contributed by atoms with Crippen molar-refractivity contribution in [2.24, 2.45) is 0 Å². The number of unbranched alkanes of at least 4 members (excludes halogenated alkanes) is 9. The summed E-state index contributed by atoms with van der Waals surface area (Å²) in [4.78, 5) is 0. The summed E-state index contributed by atoms with van der Waals surface area (Å²) < 4.78 is 0. The Labute approximate surface area is 147 Å². The van der Waals surface area contributed by atoms with Crippen LogP contribution in [-0.2, 0) is 6.42 Å². The van der Waals surface area contributed by atoms with E-state index in [4.69, 9.17) is 11.5 Å². The summed E-state index contributed by atoms with van der Waals surface area (Å²) in [6.45, 7) is 2.28. The van der Waals surface area contributed by atoms with Gasteiger partial charge < -0.3 is 11.5 Å². The van der Waals surface area contributed by atoms with Crippen molar-refractivity contribution in [3.05, 3.63) is 35.9 Å². The van der Waals surface area contributed by atoms with E-state index in [2.05, 4.69) is 19.1 Å². The Morgan fingerprint density at radius 1 is 0.667 bits per heavy atom. The first-order valence-corrected chi connectivity index (χ1v) is 9.79. The van der Waals surface area contributed by atoms with Crippen molar-refractivity contribution >= 4 is 22.1 Å². The van der Waals surface area contributed by atoms with Crippen LogP contribution in [0.15, 0.2) is 30.3 Å². The molecule has 0 fully saturated rings. The van der Waals surface area contributed by atoms with Crippen LogP contribution in [-0.4, -0.2) is 0 Å². The third-order valence-electron chi connectivity index (χ3n) is 4.94. The average molecular weight is 327 g/mol. The molecule has 2 aromatic rings. The van der Waals surface area contributed by atoms with Gasteiger partial charge in [0, 0.05) is 22.1 Å². The number of rotatable bonds is 11. The topological polar surface area (TPSA) is 52.0 Å². The highest BCUT2D eigenvalue weighted by atomic mass is 14.6. The van der Waals surface area contributed by atoms with Gasteiger partial charge in [0.1, 0.15) is 0 Å². The summed E-state index contributed by atoms with van der Waals surface area (Å²) in [5.74, 6) is 0. The van der Waals surface area contributed by atoms with E-state index >= 15 is 0 Å². The quantitative estimate of drug-likeness (QED) is 0.367. The molecule has 2 rings (SSSR count). The highest BCUT2D eigenvalue weighted by molar-refractivity contribution is 6.00. The van der Waals surface area contributed by atoms with Gasteiger partial charge in [-0.3, -0.25) is 0 Å². The molecule has 0 aliphatic carbocycles. The van der Waals surface area contributed by atoms with Crippen molar-refractivity contribution in [2.75, 3.05) is 11.5 Å². The zero-order valence-corrected chi connectivity index (χ0v) is 15.3. The molecule has 0 saturated carbocycles. The highest BCUT2D eigenvalue weighted by Crippen LogP contribution is 2.28. The number of hydrogen-bond acceptors (Lipinski definition) is 2. The van der Waals surface area contributed by atoms with Crippen molar-refractivity contribution in [1.29, 1.82) is 0 Å². The van der Waals surface area contributed by atoms with Gasteiger partial charge in [-0.15, -0.1) is 0 Å². The molecule has 4 N–H and O–H groups in total. The first-order valence-electron chi connectivity index (χ1n) is 9.79. The van der Waals surface area contributed by atoms with Crippen molar-refractivity contribution in [3.8, 4) is 0 Å². The van der Waals surface area contributed by atoms with Crippen molar-refractivity contribution in [1.82, 2.24) is 0 Å². The minimum atomic E-state index is 0.823. The summed E-state index contributed by atoms with van der Waals surface area (Å²) >= 11 is 0. The SMILES string of the molecule is CCCCCCCCCCCCc1cc(N)c2cccc(N)c2c1. The van der Waals surface area contributed by atoms with E-state index in [1.54, 1.807) is 0 Å². The molecule has 0 aliphatic rings. The molecule has 0 saturated heterocycles. The average Bonchev–Trinajstić information content (AvgIpc) is 2.57. The van der Waals surface area contributed by atoms with Gasteiger partial charge in [0.2, 0.25) is 0 Å². The fourth-order valence-corrected chi connectivity index (χ4v) is 3.46. The van der Waals surface area contributed by atoms with Gasteiger partial charge in [-0.2, -0.15) is 0 Å². The molecule has 132 valence electrons. The Bertz CT molecular complexity index is 619. The Hall–Kier alpha value is -1.70. The molecule has 0 spiro atoms. The van der Waals surface area contributed by atoms with Gasteiger partial charge in [0.05, 0.1) is 0 Å². The maximum Gasteiger partial charge on any atom is 0.0397 e. The van der Waals surface area contributed by atoms with Gasteiger partial charge in [-0.1, -0.05) is 76.8 Å². The molecule has 0 unspecified atom stereocenters. The second-order valence-corrected chi connectivity index (χ2v) is 7.06. The largest absolute Gasteiger partial charge is 0.398 e. The molecule has 0 atom stereocenters. The van der Waals surface area contributed by atoms with Crippen molar-refractivity contribution in [2.45, 2.75) is 77.6 Å². The predicted octanol–water partition coefficient (Wildman–Crippen LogP) is 6.47. The van der Waals surface area contributed by atoms with Crippen LogP contribution in [0, 0.1) is 0 Å². The maximum absolute atomic E-state index is 6.19. The second-order valence-electron chi connectivity index (χ2n) is 7.06. The minimum absolute atomic E-state index is 0.823. The van der Waals surface area contributed by atoms with E-state index in [1.165, 1.54) is 69.8 Å². The summed E-state index contributed by atoms with van der Waals surface area (Å²) in [7, 11) is 0. The summed E-state index contributed by atoms with van der Waals surface area (Å²) in [5, 5.41) is 2.17. The van der Waals surface area contributed by atoms with E-state index in [-0.39, 0.29) is 0 Å². The Kier molecular flexibility index (Phi) is 7.94. The Morgan fingerprint density at radius 2 is 1.29 bits per heavy atom. The number of aryl methyl sites for hydroxylation is 1. The first-order chi connectivity index (χ1) is 11.7. The molecule has 0 heterocycles. The van der Waals surface area contributed by atoms with E-state index in [0.29, 0.717) is 0 Å². The molecule has 24 heavy (non-hydrogen) atoms. The summed E-state index contributed by atoms with van der Waals surface area (Å²) in [6.07, 6.45) is 14.8. The van der Waals surface area contributed by atoms with Crippen molar-refractivity contribution in [3.63, 3.8) is 0 Å². The number of nitrogen functional groups attached to an aromatic ring is 2. The predicted molar refractivity (Wildman–Crippen MR) is 108 cm³/mol. The number of nitrogens with two attached hydrogens (primary N) is 2. The summed E-state index contributed by atoms with van der Waals surface area (Å²) in [6, 6.07) is 10.3. The zero-order valence-electron chi connectivity index (χ0n) is 15.3. The number of hydrogen-bond donors (Lipinski definition) is 2. The minimum Gasteiger partial charge on any atom is -0.398 e. The fourth-order valence-electron chi connectivity index (χ4n) is 3.46. The van der Waals surface area contributed by atoms with E-state index in [0.717, 1.165) is 28.6 Å². The van der Waals surface area contributed by atoms with Gasteiger partial charge in [-0.05, 0) is 36.6 Å². The molecule has 0 radical (unpaired) electrons. The van der Waals surface area contributed by atoms with Gasteiger partial charge >= 0.3 is 0 Å². The lowest BCUT2D eigenvalue weighted by Crippen LogP contribution is -1.95. The zero-order chi connectivity index (χ0) is 17.2. The lowest BCUT2D eigenvalue weighted by Gasteiger charge is -2.09. The normalized spacial score (nSPS) is 11.2. The van der Waals surface area contributed by atoms with Crippen LogP contribution in [0.1, 0.15) is 76.7 Å². The lowest BCUT2D eigenvalue weighted by molar-refractivity contribution is 0.556.